The standard InChI is InChI=1S/C26H31N5O4/c1-3-29(2)10-11-35-19-7-6-17-15-31(16-18(17)12-19)25(33)21-13-20-22(14-23(21)32)27-28-24(20)26(34)30-8-4-5-9-30/h6-7,12-14,32H,3-5,8-11,15-16H2,1-2H3,(H,27,28). The summed E-state index contributed by atoms with van der Waals surface area (Å²) in [6.07, 6.45) is 1.97. The van der Waals surface area contributed by atoms with Crippen molar-refractivity contribution in [2.45, 2.75) is 32.9 Å². The summed E-state index contributed by atoms with van der Waals surface area (Å²) in [4.78, 5) is 32.0. The Kier molecular flexibility index (Phi) is 6.34. The largest absolute Gasteiger partial charge is 0.507 e. The zero-order valence-electron chi connectivity index (χ0n) is 20.2. The molecule has 3 aromatic rings. The number of nitrogens with one attached hydrogen (secondary N) is 1. The Labute approximate surface area is 204 Å². The highest BCUT2D eigenvalue weighted by Crippen LogP contribution is 2.32. The number of phenols is 1. The topological polar surface area (TPSA) is 102 Å². The van der Waals surface area contributed by atoms with Crippen LogP contribution in [-0.2, 0) is 13.1 Å². The number of likely N-dealkylation sites (tertiary alicyclic amines) is 1. The lowest BCUT2D eigenvalue weighted by molar-refractivity contribution is 0.0746. The smallest absolute Gasteiger partial charge is 0.274 e. The highest BCUT2D eigenvalue weighted by atomic mass is 16.5. The Hall–Kier alpha value is -3.59. The molecule has 1 fully saturated rings. The van der Waals surface area contributed by atoms with Crippen molar-refractivity contribution in [3.63, 3.8) is 0 Å². The van der Waals surface area contributed by atoms with Crippen LogP contribution in [-0.4, -0.2) is 81.7 Å². The van der Waals surface area contributed by atoms with Gasteiger partial charge in [0.25, 0.3) is 11.8 Å². The minimum atomic E-state index is -0.284. The summed E-state index contributed by atoms with van der Waals surface area (Å²) < 4.78 is 5.89. The Morgan fingerprint density at radius 3 is 2.63 bits per heavy atom. The summed E-state index contributed by atoms with van der Waals surface area (Å²) in [6, 6.07) is 8.97. The number of ether oxygens (including phenoxy) is 1. The van der Waals surface area contributed by atoms with Crippen molar-refractivity contribution in [2.75, 3.05) is 39.8 Å². The number of fused-ring (bicyclic) bond motifs is 2. The SMILES string of the molecule is CCN(C)CCOc1ccc2c(c1)CN(C(=O)c1cc3c(C(=O)N4CCCC4)n[nH]c3cc1O)C2. The van der Waals surface area contributed by atoms with Gasteiger partial charge in [-0.3, -0.25) is 14.7 Å². The second kappa shape index (κ2) is 9.58. The highest BCUT2D eigenvalue weighted by Gasteiger charge is 2.29. The van der Waals surface area contributed by atoms with Gasteiger partial charge in [-0.15, -0.1) is 0 Å². The molecule has 0 aliphatic carbocycles. The van der Waals surface area contributed by atoms with E-state index in [1.165, 1.54) is 6.07 Å². The number of carbonyl (C=O) groups excluding carboxylic acids is 2. The Bertz CT molecular complexity index is 1260. The Morgan fingerprint density at radius 1 is 1.09 bits per heavy atom. The number of benzene rings is 2. The molecular formula is C26H31N5O4. The number of phenolic OH excluding ortho intramolecular Hbond substituents is 1. The quantitative estimate of drug-likeness (QED) is 0.543. The van der Waals surface area contributed by atoms with Gasteiger partial charge in [0, 0.05) is 44.2 Å². The molecule has 9 nitrogen and oxygen atoms in total. The maximum Gasteiger partial charge on any atom is 0.274 e. The second-order valence-corrected chi connectivity index (χ2v) is 9.32. The highest BCUT2D eigenvalue weighted by molar-refractivity contribution is 6.08. The third-order valence-corrected chi connectivity index (χ3v) is 6.97. The summed E-state index contributed by atoms with van der Waals surface area (Å²) in [7, 11) is 2.05. The van der Waals surface area contributed by atoms with Gasteiger partial charge in [0.1, 0.15) is 18.1 Å². The summed E-state index contributed by atoms with van der Waals surface area (Å²) >= 11 is 0. The van der Waals surface area contributed by atoms with E-state index in [4.69, 9.17) is 4.74 Å². The predicted octanol–water partition coefficient (Wildman–Crippen LogP) is 2.99. The Morgan fingerprint density at radius 2 is 1.86 bits per heavy atom. The van der Waals surface area contributed by atoms with Crippen LogP contribution in [0.3, 0.4) is 0 Å². The zero-order valence-corrected chi connectivity index (χ0v) is 20.2. The lowest BCUT2D eigenvalue weighted by Gasteiger charge is -2.17. The van der Waals surface area contributed by atoms with Crippen molar-refractivity contribution in [1.29, 1.82) is 0 Å². The molecule has 5 rings (SSSR count). The summed E-state index contributed by atoms with van der Waals surface area (Å²) in [5.74, 6) is 0.221. The number of H-pyrrole nitrogens is 1. The van der Waals surface area contributed by atoms with E-state index in [9.17, 15) is 14.7 Å². The molecular weight excluding hydrogens is 446 g/mol. The lowest BCUT2D eigenvalue weighted by atomic mass is 10.1. The predicted molar refractivity (Wildman–Crippen MR) is 132 cm³/mol. The average molecular weight is 478 g/mol. The first kappa shape index (κ1) is 23.2. The second-order valence-electron chi connectivity index (χ2n) is 9.32. The molecule has 9 heteroatoms. The van der Waals surface area contributed by atoms with Crippen LogP contribution >= 0.6 is 0 Å². The minimum Gasteiger partial charge on any atom is -0.507 e. The first-order valence-corrected chi connectivity index (χ1v) is 12.2. The van der Waals surface area contributed by atoms with Gasteiger partial charge in [0.15, 0.2) is 5.69 Å². The van der Waals surface area contributed by atoms with Gasteiger partial charge in [0.2, 0.25) is 0 Å². The molecule has 0 radical (unpaired) electrons. The van der Waals surface area contributed by atoms with E-state index in [0.717, 1.165) is 42.8 Å². The molecule has 2 aliphatic rings. The molecule has 184 valence electrons. The van der Waals surface area contributed by atoms with E-state index in [-0.39, 0.29) is 28.8 Å². The number of hydrogen-bond acceptors (Lipinski definition) is 6. The van der Waals surface area contributed by atoms with Crippen LogP contribution in [0.2, 0.25) is 0 Å². The van der Waals surface area contributed by atoms with Crippen LogP contribution in [0.15, 0.2) is 30.3 Å². The molecule has 2 aliphatic heterocycles. The number of carbonyl (C=O) groups is 2. The van der Waals surface area contributed by atoms with Gasteiger partial charge >= 0.3 is 0 Å². The number of amides is 2. The number of aromatic amines is 1. The fourth-order valence-electron chi connectivity index (χ4n) is 4.71. The monoisotopic (exact) mass is 477 g/mol. The number of aromatic hydroxyl groups is 1. The van der Waals surface area contributed by atoms with Gasteiger partial charge < -0.3 is 24.5 Å². The maximum atomic E-state index is 13.4. The number of rotatable bonds is 7. The molecule has 0 bridgehead atoms. The van der Waals surface area contributed by atoms with Gasteiger partial charge in [-0.1, -0.05) is 13.0 Å². The Balaban J connectivity index is 1.33. The van der Waals surface area contributed by atoms with Crippen LogP contribution in [0.25, 0.3) is 10.9 Å². The molecule has 3 heterocycles. The van der Waals surface area contributed by atoms with Crippen LogP contribution in [0.5, 0.6) is 11.5 Å². The summed E-state index contributed by atoms with van der Waals surface area (Å²) in [6.45, 7) is 6.83. The fraction of sp³-hybridized carbons (Fsp3) is 0.423. The first-order valence-electron chi connectivity index (χ1n) is 12.2. The lowest BCUT2D eigenvalue weighted by Crippen LogP contribution is -2.28. The van der Waals surface area contributed by atoms with Crippen LogP contribution in [0.1, 0.15) is 51.7 Å². The number of nitrogens with zero attached hydrogens (tertiary/aromatic N) is 4. The van der Waals surface area contributed by atoms with Crippen molar-refractivity contribution < 1.29 is 19.4 Å². The van der Waals surface area contributed by atoms with Crippen molar-refractivity contribution in [3.8, 4) is 11.5 Å². The van der Waals surface area contributed by atoms with Crippen LogP contribution in [0.4, 0.5) is 0 Å². The van der Waals surface area contributed by atoms with E-state index >= 15 is 0 Å². The minimum absolute atomic E-state index is 0.133. The molecule has 2 N–H and O–H groups in total. The molecule has 2 aromatic carbocycles. The van der Waals surface area contributed by atoms with Gasteiger partial charge in [-0.2, -0.15) is 5.10 Å². The third kappa shape index (κ3) is 4.55. The molecule has 1 saturated heterocycles. The summed E-state index contributed by atoms with van der Waals surface area (Å²) in [5.41, 5.74) is 3.08. The molecule has 0 unspecified atom stereocenters. The average Bonchev–Trinajstić information content (AvgIpc) is 3.61. The molecule has 0 atom stereocenters. The first-order chi connectivity index (χ1) is 16.9. The van der Waals surface area contributed by atoms with E-state index in [1.807, 2.05) is 18.2 Å². The van der Waals surface area contributed by atoms with E-state index in [2.05, 4.69) is 29.1 Å². The van der Waals surface area contributed by atoms with Crippen molar-refractivity contribution >= 4 is 22.7 Å². The normalized spacial score (nSPS) is 15.3. The maximum absolute atomic E-state index is 13.4. The van der Waals surface area contributed by atoms with E-state index in [0.29, 0.717) is 43.7 Å². The molecule has 2 amide bonds. The third-order valence-electron chi connectivity index (χ3n) is 6.97. The van der Waals surface area contributed by atoms with Crippen LogP contribution < -0.4 is 4.74 Å². The zero-order chi connectivity index (χ0) is 24.5. The van der Waals surface area contributed by atoms with E-state index < -0.39 is 0 Å². The molecule has 35 heavy (non-hydrogen) atoms. The number of likely N-dealkylation sites (N-methyl/N-ethyl adjacent to an activating group) is 1. The summed E-state index contributed by atoms with van der Waals surface area (Å²) in [5, 5.41) is 18.2. The van der Waals surface area contributed by atoms with Crippen molar-refractivity contribution in [3.05, 3.63) is 52.7 Å². The van der Waals surface area contributed by atoms with Gasteiger partial charge in [-0.05, 0) is 55.8 Å². The number of aromatic nitrogens is 2. The molecule has 1 aromatic heterocycles. The van der Waals surface area contributed by atoms with Crippen LogP contribution in [0, 0.1) is 0 Å². The molecule has 0 spiro atoms. The van der Waals surface area contributed by atoms with Crippen molar-refractivity contribution in [2.24, 2.45) is 0 Å². The van der Waals surface area contributed by atoms with Gasteiger partial charge in [0.05, 0.1) is 11.1 Å². The molecule has 0 saturated carbocycles. The number of hydrogen-bond donors (Lipinski definition) is 2. The van der Waals surface area contributed by atoms with Gasteiger partial charge in [-0.25, -0.2) is 0 Å². The van der Waals surface area contributed by atoms with Crippen molar-refractivity contribution in [1.82, 2.24) is 24.9 Å². The van der Waals surface area contributed by atoms with E-state index in [1.54, 1.807) is 15.9 Å². The fourth-order valence-corrected chi connectivity index (χ4v) is 4.71.